The minimum Gasteiger partial charge on any atom is -0.481 e. The maximum atomic E-state index is 11.7. The zero-order chi connectivity index (χ0) is 22.0. The fraction of sp³-hybridized carbons (Fsp3) is 0.833. The van der Waals surface area contributed by atoms with E-state index in [2.05, 4.69) is 6.92 Å². The first kappa shape index (κ1) is 26.6. The van der Waals surface area contributed by atoms with E-state index in [-0.39, 0.29) is 6.29 Å². The van der Waals surface area contributed by atoms with Gasteiger partial charge in [0.15, 0.2) is 6.29 Å². The third kappa shape index (κ3) is 13.0. The van der Waals surface area contributed by atoms with E-state index in [0.717, 1.165) is 77.4 Å². The van der Waals surface area contributed by atoms with Crippen molar-refractivity contribution in [2.75, 3.05) is 13.2 Å². The van der Waals surface area contributed by atoms with Gasteiger partial charge in [-0.05, 0) is 44.6 Å². The minimum absolute atomic E-state index is 0.00792. The van der Waals surface area contributed by atoms with Gasteiger partial charge in [-0.2, -0.15) is 0 Å². The summed E-state index contributed by atoms with van der Waals surface area (Å²) < 4.78 is 16.6. The van der Waals surface area contributed by atoms with Gasteiger partial charge in [-0.1, -0.05) is 57.9 Å². The topological polar surface area (TPSA) is 82.1 Å². The van der Waals surface area contributed by atoms with Crippen LogP contribution in [0.25, 0.3) is 0 Å². The lowest BCUT2D eigenvalue weighted by atomic mass is 9.94. The van der Waals surface area contributed by atoms with Gasteiger partial charge in [0.2, 0.25) is 0 Å². The lowest BCUT2D eigenvalue weighted by molar-refractivity contribution is -0.162. The van der Waals surface area contributed by atoms with E-state index in [1.807, 2.05) is 6.08 Å². The third-order valence-corrected chi connectivity index (χ3v) is 5.40. The quantitative estimate of drug-likeness (QED) is 0.184. The van der Waals surface area contributed by atoms with Crippen LogP contribution in [0.2, 0.25) is 0 Å². The fourth-order valence-corrected chi connectivity index (χ4v) is 3.68. The number of carboxylic acid groups (broad SMARTS) is 1. The van der Waals surface area contributed by atoms with Gasteiger partial charge in [0.25, 0.3) is 0 Å². The molecule has 1 N–H and O–H groups in total. The first-order valence-corrected chi connectivity index (χ1v) is 11.8. The fourth-order valence-electron chi connectivity index (χ4n) is 3.68. The first-order chi connectivity index (χ1) is 14.5. The van der Waals surface area contributed by atoms with Crippen molar-refractivity contribution >= 4 is 11.9 Å². The third-order valence-electron chi connectivity index (χ3n) is 5.40. The highest BCUT2D eigenvalue weighted by Crippen LogP contribution is 2.20. The van der Waals surface area contributed by atoms with Crippen molar-refractivity contribution in [3.8, 4) is 0 Å². The van der Waals surface area contributed by atoms with Crippen molar-refractivity contribution in [2.45, 2.75) is 110 Å². The molecule has 0 spiro atoms. The number of carboxylic acids is 1. The number of esters is 1. The molecule has 6 nitrogen and oxygen atoms in total. The number of aliphatic carboxylic acids is 1. The summed E-state index contributed by atoms with van der Waals surface area (Å²) in [7, 11) is 0. The van der Waals surface area contributed by atoms with Crippen molar-refractivity contribution in [1.29, 1.82) is 0 Å². The van der Waals surface area contributed by atoms with Gasteiger partial charge in [0.1, 0.15) is 6.10 Å². The molecule has 1 heterocycles. The number of carbonyl (C=O) groups excluding carboxylic acids is 1. The van der Waals surface area contributed by atoms with Crippen molar-refractivity contribution < 1.29 is 28.9 Å². The summed E-state index contributed by atoms with van der Waals surface area (Å²) in [6, 6.07) is 0. The molecule has 30 heavy (non-hydrogen) atoms. The highest BCUT2D eigenvalue weighted by atomic mass is 16.7. The second-order valence-corrected chi connectivity index (χ2v) is 8.17. The summed E-state index contributed by atoms with van der Waals surface area (Å²) in [5.74, 6) is -2.02. The van der Waals surface area contributed by atoms with Gasteiger partial charge in [-0.25, -0.2) is 0 Å². The van der Waals surface area contributed by atoms with Crippen LogP contribution in [0.5, 0.6) is 0 Å². The van der Waals surface area contributed by atoms with Crippen LogP contribution in [0.3, 0.4) is 0 Å². The zero-order valence-corrected chi connectivity index (χ0v) is 19.0. The van der Waals surface area contributed by atoms with Gasteiger partial charge < -0.3 is 19.3 Å². The summed E-state index contributed by atoms with van der Waals surface area (Å²) in [6.07, 6.45) is 16.2. The molecule has 0 aliphatic carbocycles. The Morgan fingerprint density at radius 1 is 1.10 bits per heavy atom. The number of hydrogen-bond acceptors (Lipinski definition) is 5. The van der Waals surface area contributed by atoms with Crippen LogP contribution in [0.1, 0.15) is 97.3 Å². The molecule has 0 aromatic carbocycles. The molecule has 174 valence electrons. The first-order valence-electron chi connectivity index (χ1n) is 11.8. The molecule has 0 radical (unpaired) electrons. The van der Waals surface area contributed by atoms with Gasteiger partial charge in [0.05, 0.1) is 5.92 Å². The summed E-state index contributed by atoms with van der Waals surface area (Å²) in [4.78, 5) is 23.1. The second-order valence-electron chi connectivity index (χ2n) is 8.17. The van der Waals surface area contributed by atoms with Crippen LogP contribution in [0, 0.1) is 5.92 Å². The molecule has 0 aromatic rings. The van der Waals surface area contributed by atoms with Crippen LogP contribution in [0.15, 0.2) is 12.2 Å². The average molecular weight is 427 g/mol. The molecule has 3 atom stereocenters. The number of carbonyl (C=O) groups is 2. The van der Waals surface area contributed by atoms with Gasteiger partial charge in [-0.15, -0.1) is 0 Å². The molecule has 0 bridgehead atoms. The van der Waals surface area contributed by atoms with E-state index >= 15 is 0 Å². The zero-order valence-electron chi connectivity index (χ0n) is 19.0. The van der Waals surface area contributed by atoms with Crippen LogP contribution < -0.4 is 0 Å². The number of ether oxygens (including phenoxy) is 3. The molecule has 1 saturated heterocycles. The van der Waals surface area contributed by atoms with Crippen LogP contribution in [-0.2, 0) is 23.8 Å². The smallest absolute Gasteiger partial charge is 0.310 e. The minimum atomic E-state index is -0.899. The Morgan fingerprint density at radius 3 is 2.40 bits per heavy atom. The Labute approximate surface area is 182 Å². The SMILES string of the molecule is CCC/C=C\C(OC(C)=O)C(CCCCCCCCCOC1CCCCO1)C(=O)O. The molecule has 0 saturated carbocycles. The molecule has 1 aliphatic heterocycles. The Morgan fingerprint density at radius 2 is 1.80 bits per heavy atom. The van der Waals surface area contributed by atoms with E-state index in [9.17, 15) is 14.7 Å². The number of hydrogen-bond donors (Lipinski definition) is 1. The monoisotopic (exact) mass is 426 g/mol. The molecular formula is C24H42O6. The molecule has 1 fully saturated rings. The van der Waals surface area contributed by atoms with Crippen molar-refractivity contribution in [1.82, 2.24) is 0 Å². The second kappa shape index (κ2) is 17.3. The standard InChI is InChI=1S/C24H42O6/c1-3-4-10-16-22(30-20(2)25)21(24(26)27)15-11-8-6-5-7-9-13-18-28-23-17-12-14-19-29-23/h10,16,21-23H,3-9,11-15,17-19H2,1-2H3,(H,26,27)/b16-10-. The Bertz CT molecular complexity index is 484. The van der Waals surface area contributed by atoms with Gasteiger partial charge in [-0.3, -0.25) is 9.59 Å². The van der Waals surface area contributed by atoms with Crippen LogP contribution in [0.4, 0.5) is 0 Å². The van der Waals surface area contributed by atoms with E-state index < -0.39 is 24.0 Å². The lowest BCUT2D eigenvalue weighted by Gasteiger charge is -2.22. The predicted molar refractivity (Wildman–Crippen MR) is 117 cm³/mol. The van der Waals surface area contributed by atoms with Crippen LogP contribution >= 0.6 is 0 Å². The molecule has 0 amide bonds. The van der Waals surface area contributed by atoms with Gasteiger partial charge >= 0.3 is 11.9 Å². The largest absolute Gasteiger partial charge is 0.481 e. The highest BCUT2D eigenvalue weighted by Gasteiger charge is 2.28. The molecule has 3 unspecified atom stereocenters. The molecule has 1 aliphatic rings. The van der Waals surface area contributed by atoms with Gasteiger partial charge in [0, 0.05) is 20.1 Å². The van der Waals surface area contributed by atoms with Crippen LogP contribution in [-0.4, -0.2) is 42.7 Å². The molecular weight excluding hydrogens is 384 g/mol. The number of rotatable bonds is 17. The lowest BCUT2D eigenvalue weighted by Crippen LogP contribution is -2.30. The van der Waals surface area contributed by atoms with E-state index in [0.29, 0.717) is 6.42 Å². The predicted octanol–water partition coefficient (Wildman–Crippen LogP) is 5.64. The summed E-state index contributed by atoms with van der Waals surface area (Å²) in [6.45, 7) is 4.98. The molecule has 1 rings (SSSR count). The Balaban J connectivity index is 2.14. The summed E-state index contributed by atoms with van der Waals surface area (Å²) >= 11 is 0. The number of allylic oxidation sites excluding steroid dienone is 1. The number of unbranched alkanes of at least 4 members (excludes halogenated alkanes) is 7. The highest BCUT2D eigenvalue weighted by molar-refractivity contribution is 5.72. The van der Waals surface area contributed by atoms with E-state index in [1.54, 1.807) is 6.08 Å². The van der Waals surface area contributed by atoms with Crippen molar-refractivity contribution in [2.24, 2.45) is 5.92 Å². The average Bonchev–Trinajstić information content (AvgIpc) is 2.72. The normalized spacial score (nSPS) is 18.9. The molecule has 0 aromatic heterocycles. The van der Waals surface area contributed by atoms with Crippen molar-refractivity contribution in [3.63, 3.8) is 0 Å². The van der Waals surface area contributed by atoms with E-state index in [4.69, 9.17) is 14.2 Å². The summed E-state index contributed by atoms with van der Waals surface area (Å²) in [5.41, 5.74) is 0. The maximum absolute atomic E-state index is 11.7. The molecule has 6 heteroatoms. The Hall–Kier alpha value is -1.40. The summed E-state index contributed by atoms with van der Waals surface area (Å²) in [5, 5.41) is 9.58. The van der Waals surface area contributed by atoms with E-state index in [1.165, 1.54) is 19.8 Å². The maximum Gasteiger partial charge on any atom is 0.310 e. The van der Waals surface area contributed by atoms with Crippen molar-refractivity contribution in [3.05, 3.63) is 12.2 Å². The Kier molecular flexibility index (Phi) is 15.4.